The average molecular weight is 541 g/mol. The Morgan fingerprint density at radius 3 is 2.24 bits per heavy atom. The van der Waals surface area contributed by atoms with Crippen LogP contribution in [-0.2, 0) is 0 Å². The Morgan fingerprint density at radius 2 is 1.43 bits per heavy atom. The normalized spacial score (nSPS) is 11.0. The quantitative estimate of drug-likeness (QED) is 0.219. The molecule has 3 heterocycles. The maximum absolute atomic E-state index is 4.76. The second-order valence-corrected chi connectivity index (χ2v) is 10.1. The van der Waals surface area contributed by atoms with E-state index in [1.54, 1.807) is 0 Å². The zero-order valence-corrected chi connectivity index (χ0v) is 23.0. The topological polar surface area (TPSA) is 42.7 Å². The van der Waals surface area contributed by atoms with Gasteiger partial charge in [0.05, 0.1) is 16.9 Å². The molecule has 42 heavy (non-hydrogen) atoms. The van der Waals surface area contributed by atoms with Gasteiger partial charge in [0.25, 0.3) is 0 Å². The van der Waals surface area contributed by atoms with Crippen molar-refractivity contribution < 1.29 is 0 Å². The lowest BCUT2D eigenvalue weighted by atomic mass is 10.0. The van der Waals surface area contributed by atoms with Gasteiger partial charge in [-0.3, -0.25) is 9.97 Å². The van der Waals surface area contributed by atoms with Gasteiger partial charge >= 0.3 is 0 Å². The summed E-state index contributed by atoms with van der Waals surface area (Å²) in [5.41, 5.74) is 11.5. The van der Waals surface area contributed by atoms with Gasteiger partial charge in [0, 0.05) is 63.3 Å². The number of nitrogens with one attached hydrogen (secondary N) is 1. The van der Waals surface area contributed by atoms with Gasteiger partial charge in [-0.05, 0) is 54.1 Å². The lowest BCUT2D eigenvalue weighted by Gasteiger charge is -2.13. The SMILES string of the molecule is C=Cc1cccnc1-c1cn(-c2ccc(-c3ccccn3)cc2)c2cc(Nc3ccccc3-c3ccccc3)ccc12. The van der Waals surface area contributed by atoms with Crippen LogP contribution in [0.3, 0.4) is 0 Å². The van der Waals surface area contributed by atoms with Crippen LogP contribution in [0.2, 0.25) is 0 Å². The fraction of sp³-hybridized carbons (Fsp3) is 0. The smallest absolute Gasteiger partial charge is 0.0795 e. The molecule has 0 saturated carbocycles. The summed E-state index contributed by atoms with van der Waals surface area (Å²) >= 11 is 0. The Kier molecular flexibility index (Phi) is 6.63. The van der Waals surface area contributed by atoms with Crippen molar-refractivity contribution in [3.05, 3.63) is 158 Å². The van der Waals surface area contributed by atoms with E-state index in [4.69, 9.17) is 4.98 Å². The highest BCUT2D eigenvalue weighted by atomic mass is 15.0. The molecule has 0 atom stereocenters. The summed E-state index contributed by atoms with van der Waals surface area (Å²) in [5, 5.41) is 4.81. The Balaban J connectivity index is 1.35. The third-order valence-corrected chi connectivity index (χ3v) is 7.52. The number of para-hydroxylation sites is 1. The Bertz CT molecular complexity index is 2010. The van der Waals surface area contributed by atoms with E-state index in [0.29, 0.717) is 0 Å². The molecule has 4 nitrogen and oxygen atoms in total. The zero-order chi connectivity index (χ0) is 28.3. The molecular weight excluding hydrogens is 512 g/mol. The van der Waals surface area contributed by atoms with Crippen LogP contribution < -0.4 is 5.32 Å². The van der Waals surface area contributed by atoms with Crippen molar-refractivity contribution in [1.29, 1.82) is 0 Å². The predicted octanol–water partition coefficient (Wildman–Crippen LogP) is 9.81. The third kappa shape index (κ3) is 4.76. The van der Waals surface area contributed by atoms with E-state index >= 15 is 0 Å². The number of nitrogens with zero attached hydrogens (tertiary/aromatic N) is 3. The molecule has 200 valence electrons. The molecule has 4 aromatic carbocycles. The molecule has 1 N–H and O–H groups in total. The minimum atomic E-state index is 0.913. The number of benzene rings is 4. The Morgan fingerprint density at radius 1 is 0.643 bits per heavy atom. The highest BCUT2D eigenvalue weighted by Gasteiger charge is 2.16. The number of anilines is 2. The Hall–Kier alpha value is -5.74. The van der Waals surface area contributed by atoms with Crippen LogP contribution in [-0.4, -0.2) is 14.5 Å². The molecule has 0 fully saturated rings. The van der Waals surface area contributed by atoms with Gasteiger partial charge < -0.3 is 9.88 Å². The van der Waals surface area contributed by atoms with Crippen molar-refractivity contribution in [2.45, 2.75) is 0 Å². The van der Waals surface area contributed by atoms with Crippen molar-refractivity contribution in [2.75, 3.05) is 5.32 Å². The first-order valence-corrected chi connectivity index (χ1v) is 13.9. The summed E-state index contributed by atoms with van der Waals surface area (Å²) in [6, 6.07) is 43.9. The number of aromatic nitrogens is 3. The molecule has 0 saturated heterocycles. The number of hydrogen-bond donors (Lipinski definition) is 1. The molecule has 0 spiro atoms. The van der Waals surface area contributed by atoms with Crippen molar-refractivity contribution in [3.8, 4) is 39.3 Å². The van der Waals surface area contributed by atoms with Crippen LogP contribution in [0.1, 0.15) is 5.56 Å². The first-order valence-electron chi connectivity index (χ1n) is 13.9. The molecule has 0 radical (unpaired) electrons. The van der Waals surface area contributed by atoms with E-state index in [2.05, 4.69) is 125 Å². The second-order valence-electron chi connectivity index (χ2n) is 10.1. The fourth-order valence-corrected chi connectivity index (χ4v) is 5.46. The number of rotatable bonds is 7. The highest BCUT2D eigenvalue weighted by Crippen LogP contribution is 2.37. The van der Waals surface area contributed by atoms with Gasteiger partial charge in [-0.2, -0.15) is 0 Å². The van der Waals surface area contributed by atoms with Crippen LogP contribution in [0.4, 0.5) is 11.4 Å². The Labute approximate surface area is 245 Å². The molecule has 0 aliphatic carbocycles. The molecular formula is C38H28N4. The lowest BCUT2D eigenvalue weighted by Crippen LogP contribution is -1.95. The number of fused-ring (bicyclic) bond motifs is 1. The van der Waals surface area contributed by atoms with Crippen molar-refractivity contribution in [3.63, 3.8) is 0 Å². The van der Waals surface area contributed by atoms with Gasteiger partial charge in [-0.15, -0.1) is 0 Å². The van der Waals surface area contributed by atoms with Crippen LogP contribution in [0, 0.1) is 0 Å². The van der Waals surface area contributed by atoms with Crippen LogP contribution in [0.15, 0.2) is 153 Å². The second kappa shape index (κ2) is 11.0. The standard InChI is InChI=1S/C38H28N4/c1-2-27-13-10-24-40-38(27)34-26-42(31-20-17-29(18-21-31)35-15-8-9-23-39-35)37-25-30(19-22-33(34)37)41-36-16-7-6-14-32(36)28-11-4-3-5-12-28/h2-26,41H,1H2. The summed E-state index contributed by atoms with van der Waals surface area (Å²) in [5.74, 6) is 0. The minimum Gasteiger partial charge on any atom is -0.355 e. The molecule has 7 aromatic rings. The van der Waals surface area contributed by atoms with Gasteiger partial charge in [0.15, 0.2) is 0 Å². The van der Waals surface area contributed by atoms with Gasteiger partial charge in [0.1, 0.15) is 0 Å². The first kappa shape index (κ1) is 25.2. The van der Waals surface area contributed by atoms with Gasteiger partial charge in [-0.1, -0.05) is 91.5 Å². The third-order valence-electron chi connectivity index (χ3n) is 7.52. The average Bonchev–Trinajstić information content (AvgIpc) is 3.44. The highest BCUT2D eigenvalue weighted by molar-refractivity contribution is 6.00. The molecule has 0 unspecified atom stereocenters. The summed E-state index contributed by atoms with van der Waals surface area (Å²) < 4.78 is 2.24. The van der Waals surface area contributed by atoms with E-state index < -0.39 is 0 Å². The van der Waals surface area contributed by atoms with Crippen LogP contribution >= 0.6 is 0 Å². The maximum atomic E-state index is 4.76. The number of hydrogen-bond acceptors (Lipinski definition) is 3. The van der Waals surface area contributed by atoms with E-state index in [1.807, 2.05) is 48.8 Å². The summed E-state index contributed by atoms with van der Waals surface area (Å²) in [7, 11) is 0. The molecule has 0 aliphatic heterocycles. The molecule has 7 rings (SSSR count). The lowest BCUT2D eigenvalue weighted by molar-refractivity contribution is 1.13. The van der Waals surface area contributed by atoms with Gasteiger partial charge in [0.2, 0.25) is 0 Å². The number of pyridine rings is 2. The fourth-order valence-electron chi connectivity index (χ4n) is 5.46. The maximum Gasteiger partial charge on any atom is 0.0795 e. The van der Waals surface area contributed by atoms with Crippen molar-refractivity contribution in [1.82, 2.24) is 14.5 Å². The molecule has 4 heteroatoms. The van der Waals surface area contributed by atoms with E-state index in [1.165, 1.54) is 5.56 Å². The van der Waals surface area contributed by atoms with E-state index in [-0.39, 0.29) is 0 Å². The van der Waals surface area contributed by atoms with Gasteiger partial charge in [-0.25, -0.2) is 0 Å². The van der Waals surface area contributed by atoms with E-state index in [0.717, 1.165) is 61.6 Å². The summed E-state index contributed by atoms with van der Waals surface area (Å²) in [4.78, 5) is 9.27. The van der Waals surface area contributed by atoms with Crippen LogP contribution in [0.5, 0.6) is 0 Å². The summed E-state index contributed by atoms with van der Waals surface area (Å²) in [6.45, 7) is 4.03. The largest absolute Gasteiger partial charge is 0.355 e. The first-order chi connectivity index (χ1) is 20.8. The molecule has 0 bridgehead atoms. The van der Waals surface area contributed by atoms with E-state index in [9.17, 15) is 0 Å². The molecule has 0 aliphatic rings. The summed E-state index contributed by atoms with van der Waals surface area (Å²) in [6.07, 6.45) is 7.70. The molecule has 3 aromatic heterocycles. The monoisotopic (exact) mass is 540 g/mol. The van der Waals surface area contributed by atoms with Crippen molar-refractivity contribution in [2.24, 2.45) is 0 Å². The molecule has 0 amide bonds. The van der Waals surface area contributed by atoms with Crippen LogP contribution in [0.25, 0.3) is 56.3 Å². The van der Waals surface area contributed by atoms with Crippen molar-refractivity contribution >= 4 is 28.4 Å². The predicted molar refractivity (Wildman–Crippen MR) is 175 cm³/mol. The minimum absolute atomic E-state index is 0.913. The zero-order valence-electron chi connectivity index (χ0n) is 23.0.